The van der Waals surface area contributed by atoms with E-state index in [1.165, 1.54) is 11.4 Å². The Morgan fingerprint density at radius 1 is 1.10 bits per heavy atom. The van der Waals surface area contributed by atoms with Crippen LogP contribution >= 0.6 is 0 Å². The van der Waals surface area contributed by atoms with Crippen LogP contribution in [0.4, 0.5) is 11.8 Å². The Balaban J connectivity index is 1.82. The molecule has 0 atom stereocenters. The molecule has 0 unspecified atom stereocenters. The first-order valence-electron chi connectivity index (χ1n) is 10.6. The van der Waals surface area contributed by atoms with E-state index in [1.54, 1.807) is 12.1 Å². The lowest BCUT2D eigenvalue weighted by molar-refractivity contribution is 0.373. The number of ether oxygens (including phenoxy) is 1. The number of hydrogen-bond donors (Lipinski definition) is 1. The summed E-state index contributed by atoms with van der Waals surface area (Å²) in [5.41, 5.74) is 1.67. The van der Waals surface area contributed by atoms with Crippen LogP contribution < -0.4 is 15.0 Å². The van der Waals surface area contributed by atoms with E-state index in [0.29, 0.717) is 37.9 Å². The van der Waals surface area contributed by atoms with Crippen molar-refractivity contribution in [1.82, 2.24) is 14.3 Å². The summed E-state index contributed by atoms with van der Waals surface area (Å²) < 4.78 is 33.9. The number of benzene rings is 1. The van der Waals surface area contributed by atoms with E-state index in [0.717, 1.165) is 23.6 Å². The predicted octanol–water partition coefficient (Wildman–Crippen LogP) is 3.03. The van der Waals surface area contributed by atoms with Crippen molar-refractivity contribution < 1.29 is 13.2 Å². The molecule has 1 aliphatic rings. The molecule has 9 heteroatoms. The van der Waals surface area contributed by atoms with Crippen LogP contribution in [0.1, 0.15) is 39.0 Å². The number of hydrogen-bond acceptors (Lipinski definition) is 7. The van der Waals surface area contributed by atoms with E-state index < -0.39 is 10.0 Å². The topological polar surface area (TPSA) is 87.7 Å². The second-order valence-electron chi connectivity index (χ2n) is 8.73. The Morgan fingerprint density at radius 2 is 1.77 bits per heavy atom. The maximum atomic E-state index is 13.5. The molecule has 0 bridgehead atoms. The fourth-order valence-electron chi connectivity index (χ4n) is 3.59. The second-order valence-corrected chi connectivity index (χ2v) is 10.6. The highest BCUT2D eigenvalue weighted by molar-refractivity contribution is 7.89. The van der Waals surface area contributed by atoms with Gasteiger partial charge in [-0.25, -0.2) is 13.4 Å². The van der Waals surface area contributed by atoms with Gasteiger partial charge in [0.15, 0.2) is 0 Å². The average Bonchev–Trinajstić information content (AvgIpc) is 2.72. The molecule has 1 aromatic carbocycles. The van der Waals surface area contributed by atoms with Crippen LogP contribution in [0.5, 0.6) is 5.75 Å². The number of rotatable bonds is 6. The number of aryl methyl sites for hydroxylation is 1. The third-order valence-electron chi connectivity index (χ3n) is 5.39. The SMILES string of the molecule is CCNc1nc(C)cc(N2CCN(S(=O)(=O)c3cc(C(C)(C)C)ccc3OC)CC2)n1. The van der Waals surface area contributed by atoms with Crippen LogP contribution in [0.15, 0.2) is 29.2 Å². The van der Waals surface area contributed by atoms with Gasteiger partial charge in [-0.05, 0) is 37.0 Å². The Kier molecular flexibility index (Phi) is 6.76. The maximum absolute atomic E-state index is 13.5. The Bertz CT molecular complexity index is 1030. The zero-order valence-electron chi connectivity index (χ0n) is 19.3. The highest BCUT2D eigenvalue weighted by atomic mass is 32.2. The van der Waals surface area contributed by atoms with Gasteiger partial charge in [0.25, 0.3) is 0 Å². The van der Waals surface area contributed by atoms with Crippen molar-refractivity contribution in [2.75, 3.05) is 50.1 Å². The minimum Gasteiger partial charge on any atom is -0.495 e. The summed E-state index contributed by atoms with van der Waals surface area (Å²) in [5.74, 6) is 1.78. The van der Waals surface area contributed by atoms with Gasteiger partial charge < -0.3 is 15.0 Å². The molecule has 0 spiro atoms. The van der Waals surface area contributed by atoms with Crippen LogP contribution in [0.3, 0.4) is 0 Å². The maximum Gasteiger partial charge on any atom is 0.246 e. The van der Waals surface area contributed by atoms with Crippen LogP contribution in [0.25, 0.3) is 0 Å². The van der Waals surface area contributed by atoms with Crippen LogP contribution in [-0.4, -0.2) is 62.5 Å². The molecule has 1 aliphatic heterocycles. The number of nitrogens with zero attached hydrogens (tertiary/aromatic N) is 4. The van der Waals surface area contributed by atoms with E-state index in [2.05, 4.69) is 41.0 Å². The van der Waals surface area contributed by atoms with Crippen molar-refractivity contribution >= 4 is 21.8 Å². The van der Waals surface area contributed by atoms with E-state index in [-0.39, 0.29) is 10.3 Å². The quantitative estimate of drug-likeness (QED) is 0.728. The van der Waals surface area contributed by atoms with Crippen LogP contribution in [-0.2, 0) is 15.4 Å². The third-order valence-corrected chi connectivity index (χ3v) is 7.31. The number of sulfonamides is 1. The molecule has 0 amide bonds. The molecule has 3 rings (SSSR count). The van der Waals surface area contributed by atoms with E-state index in [4.69, 9.17) is 4.74 Å². The number of aromatic nitrogens is 2. The molecule has 2 aromatic rings. The number of anilines is 2. The lowest BCUT2D eigenvalue weighted by atomic mass is 9.87. The summed E-state index contributed by atoms with van der Waals surface area (Å²) in [7, 11) is -2.18. The summed E-state index contributed by atoms with van der Waals surface area (Å²) in [6, 6.07) is 7.35. The van der Waals surface area contributed by atoms with Crippen molar-refractivity contribution in [3.8, 4) is 5.75 Å². The van der Waals surface area contributed by atoms with Gasteiger partial charge in [-0.3, -0.25) is 0 Å². The first-order valence-corrected chi connectivity index (χ1v) is 12.0. The predicted molar refractivity (Wildman–Crippen MR) is 124 cm³/mol. The molecule has 170 valence electrons. The summed E-state index contributed by atoms with van der Waals surface area (Å²) in [4.78, 5) is 11.3. The molecule has 1 aromatic heterocycles. The van der Waals surface area contributed by atoms with Crippen LogP contribution in [0, 0.1) is 6.92 Å². The van der Waals surface area contributed by atoms with Gasteiger partial charge in [-0.15, -0.1) is 0 Å². The molecule has 0 aliphatic carbocycles. The molecule has 31 heavy (non-hydrogen) atoms. The molecule has 0 radical (unpaired) electrons. The first-order chi connectivity index (χ1) is 14.6. The highest BCUT2D eigenvalue weighted by Gasteiger charge is 2.32. The number of methoxy groups -OCH3 is 1. The molecular weight excluding hydrogens is 414 g/mol. The standard InChI is InChI=1S/C22H33N5O3S/c1-7-23-21-24-16(2)14-20(25-21)26-10-12-27(13-11-26)31(28,29)19-15-17(22(3,4)5)8-9-18(19)30-6/h8-9,14-15H,7,10-13H2,1-6H3,(H,23,24,25). The number of nitrogens with one attached hydrogen (secondary N) is 1. The Hall–Kier alpha value is -2.39. The van der Waals surface area contributed by atoms with Gasteiger partial charge >= 0.3 is 0 Å². The minimum atomic E-state index is -3.68. The van der Waals surface area contributed by atoms with Crippen LogP contribution in [0.2, 0.25) is 0 Å². The summed E-state index contributed by atoms with van der Waals surface area (Å²) >= 11 is 0. The summed E-state index contributed by atoms with van der Waals surface area (Å²) in [6.45, 7) is 12.7. The average molecular weight is 448 g/mol. The smallest absolute Gasteiger partial charge is 0.246 e. The first kappa shape index (κ1) is 23.3. The third kappa shape index (κ3) is 5.10. The molecule has 8 nitrogen and oxygen atoms in total. The van der Waals surface area contributed by atoms with Gasteiger partial charge in [0, 0.05) is 44.5 Å². The Labute approximate surface area is 185 Å². The summed E-state index contributed by atoms with van der Waals surface area (Å²) in [6.07, 6.45) is 0. The zero-order chi connectivity index (χ0) is 22.8. The largest absolute Gasteiger partial charge is 0.495 e. The van der Waals surface area contributed by atoms with Crippen molar-refractivity contribution in [1.29, 1.82) is 0 Å². The van der Waals surface area contributed by atoms with Gasteiger partial charge in [0.1, 0.15) is 16.5 Å². The van der Waals surface area contributed by atoms with Gasteiger partial charge in [-0.2, -0.15) is 9.29 Å². The van der Waals surface area contributed by atoms with E-state index in [1.807, 2.05) is 26.0 Å². The normalized spacial score (nSPS) is 15.7. The van der Waals surface area contributed by atoms with E-state index >= 15 is 0 Å². The lowest BCUT2D eigenvalue weighted by Crippen LogP contribution is -2.49. The minimum absolute atomic E-state index is 0.162. The fourth-order valence-corrected chi connectivity index (χ4v) is 5.20. The van der Waals surface area contributed by atoms with Gasteiger partial charge in [0.05, 0.1) is 7.11 Å². The molecular formula is C22H33N5O3S. The molecule has 2 heterocycles. The van der Waals surface area contributed by atoms with Crippen molar-refractivity contribution in [2.24, 2.45) is 0 Å². The van der Waals surface area contributed by atoms with Crippen molar-refractivity contribution in [3.05, 3.63) is 35.5 Å². The molecule has 1 saturated heterocycles. The zero-order valence-corrected chi connectivity index (χ0v) is 20.1. The highest BCUT2D eigenvalue weighted by Crippen LogP contribution is 2.33. The van der Waals surface area contributed by atoms with Gasteiger partial charge in [-0.1, -0.05) is 26.8 Å². The lowest BCUT2D eigenvalue weighted by Gasteiger charge is -2.35. The summed E-state index contributed by atoms with van der Waals surface area (Å²) in [5, 5.41) is 3.14. The van der Waals surface area contributed by atoms with E-state index in [9.17, 15) is 8.42 Å². The van der Waals surface area contributed by atoms with Gasteiger partial charge in [0.2, 0.25) is 16.0 Å². The molecule has 0 saturated carbocycles. The molecule has 1 fully saturated rings. The Morgan fingerprint density at radius 3 is 2.35 bits per heavy atom. The van der Waals surface area contributed by atoms with Crippen molar-refractivity contribution in [3.63, 3.8) is 0 Å². The fraction of sp³-hybridized carbons (Fsp3) is 0.545. The number of piperazine rings is 1. The van der Waals surface area contributed by atoms with Crippen molar-refractivity contribution in [2.45, 2.75) is 44.9 Å². The second kappa shape index (κ2) is 9.00. The monoisotopic (exact) mass is 447 g/mol. The molecule has 1 N–H and O–H groups in total.